The van der Waals surface area contributed by atoms with E-state index < -0.39 is 42.2 Å². The third-order valence-electron chi connectivity index (χ3n) is 7.99. The lowest BCUT2D eigenvalue weighted by atomic mass is 9.89. The highest BCUT2D eigenvalue weighted by Gasteiger charge is 2.39. The van der Waals surface area contributed by atoms with E-state index in [1.54, 1.807) is 32.3 Å². The molecule has 13 heteroatoms. The second-order valence-electron chi connectivity index (χ2n) is 12.6. The molecule has 2 heterocycles. The zero-order valence-corrected chi connectivity index (χ0v) is 26.3. The average molecular weight is 634 g/mol. The van der Waals surface area contributed by atoms with Crippen LogP contribution in [0.1, 0.15) is 77.0 Å². The maximum Gasteiger partial charge on any atom is 0.417 e. The predicted octanol–water partition coefficient (Wildman–Crippen LogP) is 5.84. The lowest BCUT2D eigenvalue weighted by Crippen LogP contribution is -2.41. The second kappa shape index (κ2) is 12.6. The first kappa shape index (κ1) is 33.0. The summed E-state index contributed by atoms with van der Waals surface area (Å²) in [6.07, 6.45) is 1.64. The molecule has 1 saturated carbocycles. The molecule has 8 nitrogen and oxygen atoms in total. The van der Waals surface area contributed by atoms with Gasteiger partial charge in [0, 0.05) is 43.2 Å². The quantitative estimate of drug-likeness (QED) is 0.361. The first-order valence-corrected chi connectivity index (χ1v) is 17.5. The van der Waals surface area contributed by atoms with Gasteiger partial charge in [0.1, 0.15) is 4.90 Å². The van der Waals surface area contributed by atoms with Crippen LogP contribution in [0.15, 0.2) is 34.1 Å². The van der Waals surface area contributed by atoms with Crippen LogP contribution in [0, 0.1) is 18.8 Å². The number of alkyl halides is 3. The summed E-state index contributed by atoms with van der Waals surface area (Å²) in [5.74, 6) is 0.398. The summed E-state index contributed by atoms with van der Waals surface area (Å²) in [5, 5.41) is 0. The molecule has 42 heavy (non-hydrogen) atoms. The molecule has 0 unspecified atom stereocenters. The zero-order valence-electron chi connectivity index (χ0n) is 24.7. The van der Waals surface area contributed by atoms with Gasteiger partial charge in [0.2, 0.25) is 20.0 Å². The van der Waals surface area contributed by atoms with E-state index in [0.717, 1.165) is 57.1 Å². The van der Waals surface area contributed by atoms with Crippen molar-refractivity contribution < 1.29 is 34.7 Å². The van der Waals surface area contributed by atoms with Crippen molar-refractivity contribution in [3.05, 3.63) is 35.5 Å². The number of sulfonamides is 2. The Morgan fingerprint density at radius 2 is 1.52 bits per heavy atom. The average Bonchev–Trinajstić information content (AvgIpc) is 3.23. The summed E-state index contributed by atoms with van der Waals surface area (Å²) in [5.41, 5.74) is -1.45. The normalized spacial score (nSPS) is 18.5. The largest absolute Gasteiger partial charge is 0.417 e. The summed E-state index contributed by atoms with van der Waals surface area (Å²) >= 11 is 0. The second-order valence-corrected chi connectivity index (χ2v) is 16.0. The Kier molecular flexibility index (Phi) is 9.88. The molecule has 1 saturated heterocycles. The van der Waals surface area contributed by atoms with Crippen LogP contribution >= 0.6 is 0 Å². The number of rotatable bonds is 9. The summed E-state index contributed by atoms with van der Waals surface area (Å²) in [6, 6.07) is 4.51. The maximum absolute atomic E-state index is 14.3. The third-order valence-corrected chi connectivity index (χ3v) is 11.3. The molecule has 0 atom stereocenters. The SMILES string of the molecule is Cc1c(S(=O)(=O)NCC2CCOCC2)cc(-c2ccc(S(=O)(=O)NC(C)(C)C)c(C(F)(F)F)c2)n1CC1CCCCC1. The monoisotopic (exact) mass is 633 g/mol. The van der Waals surface area contributed by atoms with Crippen LogP contribution in [0.2, 0.25) is 0 Å². The Morgan fingerprint density at radius 1 is 0.881 bits per heavy atom. The van der Waals surface area contributed by atoms with Gasteiger partial charge in [-0.05, 0) is 89.0 Å². The van der Waals surface area contributed by atoms with Gasteiger partial charge >= 0.3 is 6.18 Å². The Hall–Kier alpha value is -1.93. The molecule has 2 aromatic rings. The molecule has 0 amide bonds. The topological polar surface area (TPSA) is 106 Å². The van der Waals surface area contributed by atoms with Crippen molar-refractivity contribution in [1.82, 2.24) is 14.0 Å². The number of hydrogen-bond donors (Lipinski definition) is 2. The molecule has 2 aliphatic rings. The van der Waals surface area contributed by atoms with Gasteiger partial charge in [0.05, 0.1) is 10.5 Å². The molecule has 1 aromatic carbocycles. The van der Waals surface area contributed by atoms with Gasteiger partial charge in [-0.25, -0.2) is 26.3 Å². The van der Waals surface area contributed by atoms with Crippen LogP contribution in [-0.4, -0.2) is 46.7 Å². The van der Waals surface area contributed by atoms with Gasteiger partial charge in [-0.1, -0.05) is 25.3 Å². The molecule has 1 aliphatic heterocycles. The van der Waals surface area contributed by atoms with Crippen molar-refractivity contribution in [2.75, 3.05) is 19.8 Å². The summed E-state index contributed by atoms with van der Waals surface area (Å²) < 4.78 is 108. The molecule has 2 fully saturated rings. The number of benzene rings is 1. The predicted molar refractivity (Wildman–Crippen MR) is 155 cm³/mol. The smallest absolute Gasteiger partial charge is 0.381 e. The number of hydrogen-bond acceptors (Lipinski definition) is 5. The van der Waals surface area contributed by atoms with Crippen molar-refractivity contribution in [1.29, 1.82) is 0 Å². The molecule has 2 N–H and O–H groups in total. The Bertz CT molecular complexity index is 1470. The van der Waals surface area contributed by atoms with Gasteiger partial charge in [-0.15, -0.1) is 0 Å². The summed E-state index contributed by atoms with van der Waals surface area (Å²) in [7, 11) is -8.47. The van der Waals surface area contributed by atoms with Gasteiger partial charge in [-0.3, -0.25) is 0 Å². The first-order valence-electron chi connectivity index (χ1n) is 14.5. The molecule has 0 radical (unpaired) electrons. The maximum atomic E-state index is 14.3. The molecule has 4 rings (SSSR count). The lowest BCUT2D eigenvalue weighted by molar-refractivity contribution is -0.139. The van der Waals surface area contributed by atoms with E-state index in [9.17, 15) is 30.0 Å². The number of nitrogens with one attached hydrogen (secondary N) is 2. The molecular weight excluding hydrogens is 591 g/mol. The van der Waals surface area contributed by atoms with Crippen molar-refractivity contribution in [2.45, 2.75) is 101 Å². The van der Waals surface area contributed by atoms with Crippen LogP contribution in [-0.2, 0) is 37.5 Å². The van der Waals surface area contributed by atoms with Crippen LogP contribution in [0.4, 0.5) is 13.2 Å². The molecule has 1 aromatic heterocycles. The highest BCUT2D eigenvalue weighted by atomic mass is 32.2. The van der Waals surface area contributed by atoms with E-state index >= 15 is 0 Å². The molecular formula is C29H42F3N3O5S2. The fraction of sp³-hybridized carbons (Fsp3) is 0.655. The van der Waals surface area contributed by atoms with Crippen LogP contribution < -0.4 is 9.44 Å². The Morgan fingerprint density at radius 3 is 2.12 bits per heavy atom. The van der Waals surface area contributed by atoms with Gasteiger partial charge in [-0.2, -0.15) is 13.2 Å². The Labute approximate surface area is 247 Å². The fourth-order valence-corrected chi connectivity index (χ4v) is 8.86. The van der Waals surface area contributed by atoms with Crippen LogP contribution in [0.25, 0.3) is 11.3 Å². The lowest BCUT2D eigenvalue weighted by Gasteiger charge is -2.25. The van der Waals surface area contributed by atoms with E-state index in [2.05, 4.69) is 9.44 Å². The number of halogens is 3. The Balaban J connectivity index is 1.79. The molecule has 0 spiro atoms. The van der Waals surface area contributed by atoms with E-state index in [0.29, 0.717) is 31.1 Å². The standard InChI is InChI=1S/C29H42F3N3O5S2/c1-20-27(41(36,37)33-18-21-12-14-40-15-13-21)17-25(35(20)19-22-8-6-5-7-9-22)23-10-11-26(24(16-23)29(30,31)32)42(38,39)34-28(2,3)4/h10-11,16-17,21-22,33-34H,5-9,12-15,18-19H2,1-4H3. The third kappa shape index (κ3) is 7.96. The first-order chi connectivity index (χ1) is 19.5. The minimum Gasteiger partial charge on any atom is -0.381 e. The highest BCUT2D eigenvalue weighted by molar-refractivity contribution is 7.89. The van der Waals surface area contributed by atoms with E-state index in [1.807, 2.05) is 0 Å². The fourth-order valence-electron chi connectivity index (χ4n) is 5.85. The molecule has 1 aliphatic carbocycles. The number of aromatic nitrogens is 1. The highest BCUT2D eigenvalue weighted by Crippen LogP contribution is 2.39. The minimum absolute atomic E-state index is 0.0139. The summed E-state index contributed by atoms with van der Waals surface area (Å²) in [6.45, 7) is 8.18. The van der Waals surface area contributed by atoms with Gasteiger partial charge in [0.25, 0.3) is 0 Å². The van der Waals surface area contributed by atoms with Crippen molar-refractivity contribution in [3.63, 3.8) is 0 Å². The zero-order chi connectivity index (χ0) is 30.9. The van der Waals surface area contributed by atoms with E-state index in [4.69, 9.17) is 4.74 Å². The van der Waals surface area contributed by atoms with E-state index in [1.165, 1.54) is 12.1 Å². The molecule has 236 valence electrons. The van der Waals surface area contributed by atoms with E-state index in [-0.39, 0.29) is 28.8 Å². The van der Waals surface area contributed by atoms with Crippen molar-refractivity contribution in [3.8, 4) is 11.3 Å². The van der Waals surface area contributed by atoms with Gasteiger partial charge < -0.3 is 9.30 Å². The number of nitrogens with zero attached hydrogens (tertiary/aromatic N) is 1. The van der Waals surface area contributed by atoms with Crippen molar-refractivity contribution in [2.24, 2.45) is 11.8 Å². The number of ether oxygens (including phenoxy) is 1. The van der Waals surface area contributed by atoms with Gasteiger partial charge in [0.15, 0.2) is 0 Å². The van der Waals surface area contributed by atoms with Crippen LogP contribution in [0.3, 0.4) is 0 Å². The summed E-state index contributed by atoms with van der Waals surface area (Å²) in [4.78, 5) is -0.859. The van der Waals surface area contributed by atoms with Crippen molar-refractivity contribution >= 4 is 20.0 Å². The van der Waals surface area contributed by atoms with Crippen LogP contribution in [0.5, 0.6) is 0 Å². The molecule has 0 bridgehead atoms. The minimum atomic E-state index is -4.96.